The topological polar surface area (TPSA) is 60.5 Å². The lowest BCUT2D eigenvalue weighted by Gasteiger charge is -2.21. The molecule has 5 heteroatoms. The van der Waals surface area contributed by atoms with Gasteiger partial charge in [-0.1, -0.05) is 43.7 Å². The van der Waals surface area contributed by atoms with Gasteiger partial charge in [-0.2, -0.15) is 0 Å². The lowest BCUT2D eigenvalue weighted by atomic mass is 9.93. The van der Waals surface area contributed by atoms with Crippen molar-refractivity contribution in [3.63, 3.8) is 0 Å². The van der Waals surface area contributed by atoms with Crippen LogP contribution >= 0.6 is 0 Å². The van der Waals surface area contributed by atoms with Gasteiger partial charge < -0.3 is 14.8 Å². The summed E-state index contributed by atoms with van der Waals surface area (Å²) in [6, 6.07) is 17.7. The van der Waals surface area contributed by atoms with Gasteiger partial charge in [0.05, 0.1) is 18.2 Å². The zero-order chi connectivity index (χ0) is 20.8. The van der Waals surface area contributed by atoms with Gasteiger partial charge in [0.1, 0.15) is 12.4 Å². The maximum absolute atomic E-state index is 12.5. The monoisotopic (exact) mass is 402 g/mol. The second kappa shape index (κ2) is 9.55. The molecule has 5 nitrogen and oxygen atoms in total. The van der Waals surface area contributed by atoms with Gasteiger partial charge in [0.15, 0.2) is 0 Å². The normalized spacial score (nSPS) is 14.8. The molecule has 30 heavy (non-hydrogen) atoms. The molecule has 0 amide bonds. The minimum atomic E-state index is -0.296. The minimum Gasteiger partial charge on any atom is -0.489 e. The van der Waals surface area contributed by atoms with E-state index in [-0.39, 0.29) is 12.0 Å². The molecule has 1 aliphatic heterocycles. The van der Waals surface area contributed by atoms with Crippen LogP contribution in [0.1, 0.15) is 58.4 Å². The van der Waals surface area contributed by atoms with Crippen molar-refractivity contribution in [1.82, 2.24) is 10.3 Å². The number of unbranched alkanes of at least 4 members (excludes halogenated alkanes) is 1. The molecular formula is C25H26N2O3. The predicted molar refractivity (Wildman–Crippen MR) is 115 cm³/mol. The third-order valence-electron chi connectivity index (χ3n) is 5.27. The summed E-state index contributed by atoms with van der Waals surface area (Å²) in [5.41, 5.74) is 4.85. The van der Waals surface area contributed by atoms with E-state index in [0.717, 1.165) is 40.8 Å². The Kier molecular flexibility index (Phi) is 6.40. The highest BCUT2D eigenvalue weighted by atomic mass is 16.5. The third kappa shape index (κ3) is 4.52. The van der Waals surface area contributed by atoms with Crippen LogP contribution in [0, 0.1) is 0 Å². The van der Waals surface area contributed by atoms with Crippen molar-refractivity contribution in [1.29, 1.82) is 0 Å². The average molecular weight is 402 g/mol. The smallest absolute Gasteiger partial charge is 0.338 e. The molecule has 2 aromatic carbocycles. The summed E-state index contributed by atoms with van der Waals surface area (Å²) in [7, 11) is 0. The number of hydrogen-bond donors (Lipinski definition) is 1. The predicted octanol–water partition coefficient (Wildman–Crippen LogP) is 4.81. The first-order valence-corrected chi connectivity index (χ1v) is 10.4. The zero-order valence-corrected chi connectivity index (χ0v) is 17.1. The van der Waals surface area contributed by atoms with Gasteiger partial charge in [0.25, 0.3) is 0 Å². The van der Waals surface area contributed by atoms with Crippen molar-refractivity contribution in [3.05, 3.63) is 94.8 Å². The van der Waals surface area contributed by atoms with Gasteiger partial charge in [0.2, 0.25) is 0 Å². The molecule has 2 heterocycles. The van der Waals surface area contributed by atoms with Gasteiger partial charge in [0, 0.05) is 24.5 Å². The van der Waals surface area contributed by atoms with Crippen molar-refractivity contribution in [2.75, 3.05) is 6.61 Å². The molecule has 1 N–H and O–H groups in total. The van der Waals surface area contributed by atoms with E-state index >= 15 is 0 Å². The van der Waals surface area contributed by atoms with Gasteiger partial charge in [-0.15, -0.1) is 0 Å². The maximum atomic E-state index is 12.5. The Hall–Kier alpha value is -3.18. The Morgan fingerprint density at radius 3 is 2.90 bits per heavy atom. The van der Waals surface area contributed by atoms with E-state index < -0.39 is 0 Å². The summed E-state index contributed by atoms with van der Waals surface area (Å²) in [5.74, 6) is 0.481. The molecular weight excluding hydrogens is 376 g/mol. The van der Waals surface area contributed by atoms with Crippen LogP contribution in [-0.4, -0.2) is 17.6 Å². The Bertz CT molecular complexity index is 1000. The number of pyridine rings is 1. The van der Waals surface area contributed by atoms with Crippen molar-refractivity contribution < 1.29 is 14.3 Å². The van der Waals surface area contributed by atoms with E-state index in [0.29, 0.717) is 25.3 Å². The Balaban J connectivity index is 1.66. The number of hydrogen-bond acceptors (Lipinski definition) is 5. The highest BCUT2D eigenvalue weighted by molar-refractivity contribution is 5.90. The lowest BCUT2D eigenvalue weighted by molar-refractivity contribution is 0.0499. The van der Waals surface area contributed by atoms with Crippen LogP contribution < -0.4 is 10.1 Å². The average Bonchev–Trinajstić information content (AvgIpc) is 2.95. The van der Waals surface area contributed by atoms with Crippen LogP contribution in [0.3, 0.4) is 0 Å². The fourth-order valence-corrected chi connectivity index (χ4v) is 3.64. The number of esters is 1. The third-order valence-corrected chi connectivity index (χ3v) is 5.27. The molecule has 0 saturated heterocycles. The summed E-state index contributed by atoms with van der Waals surface area (Å²) in [6.07, 6.45) is 5.48. The largest absolute Gasteiger partial charge is 0.489 e. The molecule has 1 atom stereocenters. The molecule has 0 fully saturated rings. The van der Waals surface area contributed by atoms with Crippen LogP contribution in [0.2, 0.25) is 0 Å². The van der Waals surface area contributed by atoms with Crippen molar-refractivity contribution >= 4 is 5.97 Å². The second-order valence-corrected chi connectivity index (χ2v) is 7.40. The van der Waals surface area contributed by atoms with Crippen LogP contribution in [-0.2, 0) is 17.9 Å². The van der Waals surface area contributed by atoms with Gasteiger partial charge in [-0.3, -0.25) is 4.98 Å². The number of nitrogens with zero attached hydrogens (tertiary/aromatic N) is 1. The minimum absolute atomic E-state index is 0.109. The van der Waals surface area contributed by atoms with Crippen LogP contribution in [0.15, 0.2) is 67.0 Å². The molecule has 1 aromatic heterocycles. The maximum Gasteiger partial charge on any atom is 0.338 e. The van der Waals surface area contributed by atoms with Crippen molar-refractivity contribution in [2.45, 2.75) is 39.0 Å². The Labute approximate surface area is 177 Å². The number of ether oxygens (including phenoxy) is 2. The summed E-state index contributed by atoms with van der Waals surface area (Å²) in [5, 5.41) is 3.64. The quantitative estimate of drug-likeness (QED) is 0.454. The zero-order valence-electron chi connectivity index (χ0n) is 17.1. The first-order valence-electron chi connectivity index (χ1n) is 10.4. The number of rotatable bonds is 7. The summed E-state index contributed by atoms with van der Waals surface area (Å²) >= 11 is 0. The number of nitrogens with one attached hydrogen (secondary N) is 1. The standard InChI is InChI=1S/C25H26N2O3/c1-2-3-13-29-25(28)19-10-11-23-22(14-19)24(27-16-18-7-6-12-26-15-18)21-9-5-4-8-20(21)17-30-23/h4-12,14-15,24,27H,2-3,13,16-17H2,1H3. The van der Waals surface area contributed by atoms with Crippen LogP contribution in [0.25, 0.3) is 0 Å². The summed E-state index contributed by atoms with van der Waals surface area (Å²) < 4.78 is 11.5. The van der Waals surface area contributed by atoms with Gasteiger partial charge >= 0.3 is 5.97 Å². The highest BCUT2D eigenvalue weighted by Crippen LogP contribution is 2.36. The molecule has 0 radical (unpaired) electrons. The second-order valence-electron chi connectivity index (χ2n) is 7.40. The number of fused-ring (bicyclic) bond motifs is 2. The number of carbonyl (C=O) groups is 1. The number of carbonyl (C=O) groups excluding carboxylic acids is 1. The van der Waals surface area contributed by atoms with Gasteiger partial charge in [-0.05, 0) is 47.4 Å². The molecule has 4 rings (SSSR count). The highest BCUT2D eigenvalue weighted by Gasteiger charge is 2.25. The Morgan fingerprint density at radius 2 is 2.07 bits per heavy atom. The SMILES string of the molecule is CCCCOC(=O)c1ccc2c(c1)C(NCc1cccnc1)c1ccccc1CO2. The molecule has 0 spiro atoms. The van der Waals surface area contributed by atoms with Crippen molar-refractivity contribution in [3.8, 4) is 5.75 Å². The summed E-state index contributed by atoms with van der Waals surface area (Å²) in [4.78, 5) is 16.7. The number of benzene rings is 2. The van der Waals surface area contributed by atoms with Gasteiger partial charge in [-0.25, -0.2) is 4.79 Å². The molecule has 0 saturated carbocycles. The van der Waals surface area contributed by atoms with Crippen LogP contribution in [0.4, 0.5) is 0 Å². The molecule has 1 unspecified atom stereocenters. The summed E-state index contributed by atoms with van der Waals surface area (Å²) in [6.45, 7) is 3.66. The molecule has 3 aromatic rings. The Morgan fingerprint density at radius 1 is 1.17 bits per heavy atom. The van der Waals surface area contributed by atoms with E-state index in [4.69, 9.17) is 9.47 Å². The molecule has 154 valence electrons. The first-order chi connectivity index (χ1) is 14.8. The van der Waals surface area contributed by atoms with E-state index in [1.54, 1.807) is 12.3 Å². The van der Waals surface area contributed by atoms with E-state index in [2.05, 4.69) is 29.4 Å². The molecule has 0 aliphatic carbocycles. The van der Waals surface area contributed by atoms with Crippen molar-refractivity contribution in [2.24, 2.45) is 0 Å². The first kappa shape index (κ1) is 20.1. The lowest BCUT2D eigenvalue weighted by Crippen LogP contribution is -2.23. The number of aromatic nitrogens is 1. The van der Waals surface area contributed by atoms with Crippen LogP contribution in [0.5, 0.6) is 5.75 Å². The van der Waals surface area contributed by atoms with E-state index in [9.17, 15) is 4.79 Å². The fourth-order valence-electron chi connectivity index (χ4n) is 3.64. The molecule has 0 bridgehead atoms. The van der Waals surface area contributed by atoms with E-state index in [1.807, 2.05) is 42.6 Å². The molecule has 1 aliphatic rings. The van der Waals surface area contributed by atoms with E-state index in [1.165, 1.54) is 0 Å². The fraction of sp³-hybridized carbons (Fsp3) is 0.280.